The van der Waals surface area contributed by atoms with Crippen molar-refractivity contribution in [3.63, 3.8) is 0 Å². The van der Waals surface area contributed by atoms with Crippen molar-refractivity contribution in [2.45, 2.75) is 0 Å². The van der Waals surface area contributed by atoms with Crippen LogP contribution in [0.2, 0.25) is 10.0 Å². The summed E-state index contributed by atoms with van der Waals surface area (Å²) in [5.41, 5.74) is 6.54. The van der Waals surface area contributed by atoms with Gasteiger partial charge in [0.15, 0.2) is 0 Å². The maximum atomic E-state index is 11.9. The molecule has 0 saturated carbocycles. The van der Waals surface area contributed by atoms with E-state index in [0.717, 1.165) is 0 Å². The molecule has 114 valence electrons. The summed E-state index contributed by atoms with van der Waals surface area (Å²) in [4.78, 5) is 23.2. The summed E-state index contributed by atoms with van der Waals surface area (Å²) < 4.78 is 0. The minimum Gasteiger partial charge on any atom is -0.376 e. The Morgan fingerprint density at radius 2 is 1.77 bits per heavy atom. The standard InChI is InChI=1S/C15H13Cl2N3O2/c16-11-6-5-9(7-12(11)17)19-8-14(21)20-13-4-2-1-3-10(13)15(18)22/h1-7,19H,8H2,(H2,18,22)(H,20,21). The molecule has 7 heteroatoms. The summed E-state index contributed by atoms with van der Waals surface area (Å²) in [5.74, 6) is -0.923. The smallest absolute Gasteiger partial charge is 0.250 e. The molecule has 0 aliphatic rings. The highest BCUT2D eigenvalue weighted by molar-refractivity contribution is 6.42. The van der Waals surface area contributed by atoms with Crippen LogP contribution in [0, 0.1) is 0 Å². The molecule has 5 nitrogen and oxygen atoms in total. The van der Waals surface area contributed by atoms with Crippen molar-refractivity contribution < 1.29 is 9.59 Å². The Morgan fingerprint density at radius 1 is 1.05 bits per heavy atom. The Hall–Kier alpha value is -2.24. The first kappa shape index (κ1) is 16.1. The predicted octanol–water partition coefficient (Wildman–Crippen LogP) is 3.14. The van der Waals surface area contributed by atoms with Crippen LogP contribution >= 0.6 is 23.2 Å². The van der Waals surface area contributed by atoms with Crippen molar-refractivity contribution in [3.8, 4) is 0 Å². The molecule has 4 N–H and O–H groups in total. The number of hydrogen-bond donors (Lipinski definition) is 3. The maximum absolute atomic E-state index is 11.9. The van der Waals surface area contributed by atoms with Crippen LogP contribution in [0.5, 0.6) is 0 Å². The molecule has 0 radical (unpaired) electrons. The molecule has 22 heavy (non-hydrogen) atoms. The number of amides is 2. The largest absolute Gasteiger partial charge is 0.376 e. The quantitative estimate of drug-likeness (QED) is 0.783. The molecule has 0 spiro atoms. The second kappa shape index (κ2) is 7.15. The van der Waals surface area contributed by atoms with Gasteiger partial charge in [-0.15, -0.1) is 0 Å². The number of primary amides is 1. The Labute approximate surface area is 137 Å². The van der Waals surface area contributed by atoms with E-state index < -0.39 is 5.91 Å². The van der Waals surface area contributed by atoms with Gasteiger partial charge in [0.2, 0.25) is 5.91 Å². The average Bonchev–Trinajstić information content (AvgIpc) is 2.49. The van der Waals surface area contributed by atoms with Gasteiger partial charge in [0.1, 0.15) is 0 Å². The molecular weight excluding hydrogens is 325 g/mol. The first-order valence-electron chi connectivity index (χ1n) is 6.35. The molecule has 0 aromatic heterocycles. The van der Waals surface area contributed by atoms with Gasteiger partial charge < -0.3 is 16.4 Å². The summed E-state index contributed by atoms with van der Waals surface area (Å²) >= 11 is 11.7. The van der Waals surface area contributed by atoms with Gasteiger partial charge in [-0.3, -0.25) is 9.59 Å². The fourth-order valence-electron chi connectivity index (χ4n) is 1.79. The van der Waals surface area contributed by atoms with Crippen LogP contribution in [0.4, 0.5) is 11.4 Å². The van der Waals surface area contributed by atoms with Gasteiger partial charge >= 0.3 is 0 Å². The molecule has 0 unspecified atom stereocenters. The first-order valence-corrected chi connectivity index (χ1v) is 7.10. The van der Waals surface area contributed by atoms with E-state index in [9.17, 15) is 9.59 Å². The van der Waals surface area contributed by atoms with E-state index in [0.29, 0.717) is 21.4 Å². The van der Waals surface area contributed by atoms with Crippen molar-refractivity contribution in [2.75, 3.05) is 17.2 Å². The molecule has 2 aromatic carbocycles. The van der Waals surface area contributed by atoms with Crippen molar-refractivity contribution in [1.29, 1.82) is 0 Å². The highest BCUT2D eigenvalue weighted by Gasteiger charge is 2.10. The number of rotatable bonds is 5. The van der Waals surface area contributed by atoms with Crippen LogP contribution in [-0.2, 0) is 4.79 Å². The monoisotopic (exact) mass is 337 g/mol. The normalized spacial score (nSPS) is 10.1. The minimum absolute atomic E-state index is 0.00502. The van der Waals surface area contributed by atoms with Gasteiger partial charge in [-0.25, -0.2) is 0 Å². The van der Waals surface area contributed by atoms with Crippen LogP contribution in [0.25, 0.3) is 0 Å². The van der Waals surface area contributed by atoms with Gasteiger partial charge in [-0.05, 0) is 30.3 Å². The Morgan fingerprint density at radius 3 is 2.45 bits per heavy atom. The lowest BCUT2D eigenvalue weighted by Crippen LogP contribution is -2.24. The number of carbonyl (C=O) groups is 2. The third-order valence-electron chi connectivity index (χ3n) is 2.84. The van der Waals surface area contributed by atoms with Crippen LogP contribution in [0.1, 0.15) is 10.4 Å². The second-order valence-corrected chi connectivity index (χ2v) is 5.25. The van der Waals surface area contributed by atoms with Gasteiger partial charge in [-0.2, -0.15) is 0 Å². The predicted molar refractivity (Wildman–Crippen MR) is 88.5 cm³/mol. The van der Waals surface area contributed by atoms with Crippen molar-refractivity contribution in [3.05, 3.63) is 58.1 Å². The molecule has 2 rings (SSSR count). The Kier molecular flexibility index (Phi) is 5.25. The molecule has 0 atom stereocenters. The fraction of sp³-hybridized carbons (Fsp3) is 0.0667. The number of nitrogens with one attached hydrogen (secondary N) is 2. The minimum atomic E-state index is -0.603. The third kappa shape index (κ3) is 4.13. The van der Waals surface area contributed by atoms with Crippen LogP contribution in [0.15, 0.2) is 42.5 Å². The highest BCUT2D eigenvalue weighted by atomic mass is 35.5. The zero-order chi connectivity index (χ0) is 16.1. The van der Waals surface area contributed by atoms with Crippen molar-refractivity contribution >= 4 is 46.4 Å². The molecule has 0 bridgehead atoms. The van der Waals surface area contributed by atoms with Gasteiger partial charge in [0.05, 0.1) is 27.8 Å². The highest BCUT2D eigenvalue weighted by Crippen LogP contribution is 2.24. The Bertz CT molecular complexity index is 720. The number of nitrogens with two attached hydrogens (primary N) is 1. The Balaban J connectivity index is 1.99. The first-order chi connectivity index (χ1) is 10.5. The summed E-state index contributed by atoms with van der Waals surface area (Å²) in [6.45, 7) is 0.00502. The summed E-state index contributed by atoms with van der Waals surface area (Å²) in [6, 6.07) is 11.5. The maximum Gasteiger partial charge on any atom is 0.250 e. The second-order valence-electron chi connectivity index (χ2n) is 4.44. The van der Waals surface area contributed by atoms with E-state index in [-0.39, 0.29) is 18.0 Å². The zero-order valence-corrected chi connectivity index (χ0v) is 12.9. The molecule has 0 heterocycles. The van der Waals surface area contributed by atoms with Gasteiger partial charge in [0.25, 0.3) is 5.91 Å². The average molecular weight is 338 g/mol. The van der Waals surface area contributed by atoms with Gasteiger partial charge in [-0.1, -0.05) is 35.3 Å². The molecule has 0 aliphatic carbocycles. The van der Waals surface area contributed by atoms with Crippen LogP contribution in [-0.4, -0.2) is 18.4 Å². The van der Waals surface area contributed by atoms with E-state index >= 15 is 0 Å². The summed E-state index contributed by atoms with van der Waals surface area (Å²) in [5, 5.41) is 6.37. The fourth-order valence-corrected chi connectivity index (χ4v) is 2.09. The number of anilines is 2. The lowest BCUT2D eigenvalue weighted by molar-refractivity contribution is -0.114. The van der Waals surface area contributed by atoms with Gasteiger partial charge in [0, 0.05) is 5.69 Å². The van der Waals surface area contributed by atoms with Crippen LogP contribution < -0.4 is 16.4 Å². The van der Waals surface area contributed by atoms with E-state index in [1.54, 1.807) is 42.5 Å². The SMILES string of the molecule is NC(=O)c1ccccc1NC(=O)CNc1ccc(Cl)c(Cl)c1. The molecular formula is C15H13Cl2N3O2. The van der Waals surface area contributed by atoms with Crippen molar-refractivity contribution in [1.82, 2.24) is 0 Å². The van der Waals surface area contributed by atoms with E-state index in [1.807, 2.05) is 0 Å². The molecule has 0 saturated heterocycles. The van der Waals surface area contributed by atoms with E-state index in [4.69, 9.17) is 28.9 Å². The molecule has 0 aliphatic heterocycles. The summed E-state index contributed by atoms with van der Waals surface area (Å²) in [6.07, 6.45) is 0. The number of halogens is 2. The lowest BCUT2D eigenvalue weighted by atomic mass is 10.1. The number of benzene rings is 2. The summed E-state index contributed by atoms with van der Waals surface area (Å²) in [7, 11) is 0. The number of hydrogen-bond acceptors (Lipinski definition) is 3. The van der Waals surface area contributed by atoms with E-state index in [1.165, 1.54) is 0 Å². The van der Waals surface area contributed by atoms with E-state index in [2.05, 4.69) is 10.6 Å². The molecule has 2 amide bonds. The number of carbonyl (C=O) groups excluding carboxylic acids is 2. The molecule has 0 fully saturated rings. The molecule has 2 aromatic rings. The lowest BCUT2D eigenvalue weighted by Gasteiger charge is -2.10. The topological polar surface area (TPSA) is 84.2 Å². The van der Waals surface area contributed by atoms with Crippen molar-refractivity contribution in [2.24, 2.45) is 5.73 Å². The third-order valence-corrected chi connectivity index (χ3v) is 3.58. The van der Waals surface area contributed by atoms with Crippen LogP contribution in [0.3, 0.4) is 0 Å². The number of para-hydroxylation sites is 1. The zero-order valence-electron chi connectivity index (χ0n) is 11.4.